The van der Waals surface area contributed by atoms with Gasteiger partial charge in [0.05, 0.1) is 29.3 Å². The molecule has 1 aliphatic heterocycles. The Bertz CT molecular complexity index is 1050. The number of carbonyl (C=O) groups excluding carboxylic acids is 2. The van der Waals surface area contributed by atoms with Crippen molar-refractivity contribution in [1.82, 2.24) is 9.88 Å². The number of carbonyl (C=O) groups is 2. The zero-order chi connectivity index (χ0) is 22.1. The van der Waals surface area contributed by atoms with Gasteiger partial charge in [0.15, 0.2) is 0 Å². The molecule has 2 heterocycles. The highest BCUT2D eigenvalue weighted by Gasteiger charge is 2.49. The third kappa shape index (κ3) is 3.81. The predicted molar refractivity (Wildman–Crippen MR) is 118 cm³/mol. The Morgan fingerprint density at radius 2 is 1.97 bits per heavy atom. The van der Waals surface area contributed by atoms with Crippen molar-refractivity contribution >= 4 is 29.1 Å². The van der Waals surface area contributed by atoms with Crippen LogP contribution < -0.4 is 4.74 Å². The van der Waals surface area contributed by atoms with Gasteiger partial charge in [-0.05, 0) is 49.1 Å². The Morgan fingerprint density at radius 3 is 2.61 bits per heavy atom. The van der Waals surface area contributed by atoms with Gasteiger partial charge in [-0.3, -0.25) is 14.6 Å². The van der Waals surface area contributed by atoms with E-state index in [9.17, 15) is 14.7 Å². The van der Waals surface area contributed by atoms with Crippen LogP contribution in [0.4, 0.5) is 0 Å². The van der Waals surface area contributed by atoms with E-state index >= 15 is 0 Å². The highest BCUT2D eigenvalue weighted by molar-refractivity contribution is 6.46. The number of halogens is 1. The summed E-state index contributed by atoms with van der Waals surface area (Å²) < 4.78 is 5.41. The predicted octanol–water partition coefficient (Wildman–Crippen LogP) is 4.81. The molecule has 2 aliphatic rings. The van der Waals surface area contributed by atoms with Crippen LogP contribution in [0.2, 0.25) is 5.02 Å². The van der Waals surface area contributed by atoms with Crippen LogP contribution in [0.5, 0.6) is 5.75 Å². The summed E-state index contributed by atoms with van der Waals surface area (Å²) >= 11 is 6.32. The lowest BCUT2D eigenvalue weighted by Crippen LogP contribution is -2.40. The van der Waals surface area contributed by atoms with Gasteiger partial charge in [0, 0.05) is 18.4 Å². The molecule has 2 aromatic rings. The first-order valence-corrected chi connectivity index (χ1v) is 10.9. The smallest absolute Gasteiger partial charge is 0.295 e. The van der Waals surface area contributed by atoms with Gasteiger partial charge in [0.25, 0.3) is 11.7 Å². The molecule has 31 heavy (non-hydrogen) atoms. The summed E-state index contributed by atoms with van der Waals surface area (Å²) in [6.45, 7) is 1.83. The molecule has 1 unspecified atom stereocenters. The van der Waals surface area contributed by atoms with Crippen LogP contribution in [-0.4, -0.2) is 39.8 Å². The maximum Gasteiger partial charge on any atom is 0.295 e. The first kappa shape index (κ1) is 21.4. The lowest BCUT2D eigenvalue weighted by molar-refractivity contribution is -0.141. The van der Waals surface area contributed by atoms with Gasteiger partial charge in [0.2, 0.25) is 0 Å². The van der Waals surface area contributed by atoms with Crippen molar-refractivity contribution in [2.75, 3.05) is 7.11 Å². The van der Waals surface area contributed by atoms with Crippen LogP contribution in [0, 0.1) is 6.92 Å². The van der Waals surface area contributed by atoms with Crippen LogP contribution in [0.25, 0.3) is 5.76 Å². The van der Waals surface area contributed by atoms with Crippen LogP contribution in [0.3, 0.4) is 0 Å². The average molecular weight is 441 g/mol. The maximum atomic E-state index is 13.2. The molecular formula is C24H25ClN2O4. The number of amides is 1. The molecule has 1 amide bonds. The first-order valence-electron chi connectivity index (χ1n) is 10.5. The van der Waals surface area contributed by atoms with Crippen molar-refractivity contribution in [3.8, 4) is 5.75 Å². The molecule has 1 saturated carbocycles. The Morgan fingerprint density at radius 1 is 1.23 bits per heavy atom. The summed E-state index contributed by atoms with van der Waals surface area (Å²) in [7, 11) is 1.45. The van der Waals surface area contributed by atoms with Gasteiger partial charge in [-0.25, -0.2) is 0 Å². The molecule has 1 atom stereocenters. The number of aliphatic hydroxyl groups excluding tert-OH is 1. The Kier molecular flexibility index (Phi) is 6.01. The van der Waals surface area contributed by atoms with Gasteiger partial charge in [-0.2, -0.15) is 0 Å². The minimum absolute atomic E-state index is 0.0449. The molecule has 4 rings (SSSR count). The largest absolute Gasteiger partial charge is 0.507 e. The number of rotatable bonds is 4. The first-order chi connectivity index (χ1) is 14.9. The van der Waals surface area contributed by atoms with Gasteiger partial charge in [-0.1, -0.05) is 36.9 Å². The van der Waals surface area contributed by atoms with E-state index in [1.807, 2.05) is 13.0 Å². The number of nitrogens with zero attached hydrogens (tertiary/aromatic N) is 2. The molecule has 1 saturated heterocycles. The summed E-state index contributed by atoms with van der Waals surface area (Å²) in [5, 5.41) is 11.7. The van der Waals surface area contributed by atoms with E-state index in [1.54, 1.807) is 35.5 Å². The van der Waals surface area contributed by atoms with Crippen LogP contribution in [0.1, 0.15) is 54.8 Å². The zero-order valence-electron chi connectivity index (χ0n) is 17.6. The topological polar surface area (TPSA) is 79.7 Å². The summed E-state index contributed by atoms with van der Waals surface area (Å²) in [5.41, 5.74) is 1.82. The Hall–Kier alpha value is -2.86. The lowest BCUT2D eigenvalue weighted by Gasteiger charge is -2.35. The quantitative estimate of drug-likeness (QED) is 0.419. The highest BCUT2D eigenvalue weighted by Crippen LogP contribution is 2.44. The van der Waals surface area contributed by atoms with E-state index in [2.05, 4.69) is 4.98 Å². The molecule has 1 aromatic heterocycles. The molecule has 2 fully saturated rings. The number of methoxy groups -OCH3 is 1. The zero-order valence-corrected chi connectivity index (χ0v) is 18.4. The number of ketones is 1. The van der Waals surface area contributed by atoms with E-state index in [1.165, 1.54) is 7.11 Å². The Labute approximate surface area is 186 Å². The third-order valence-electron chi connectivity index (χ3n) is 6.10. The van der Waals surface area contributed by atoms with Crippen molar-refractivity contribution in [3.05, 3.63) is 63.9 Å². The summed E-state index contributed by atoms with van der Waals surface area (Å²) in [6.07, 6.45) is 8.09. The Balaban J connectivity index is 1.93. The van der Waals surface area contributed by atoms with Crippen molar-refractivity contribution in [2.45, 2.75) is 51.1 Å². The van der Waals surface area contributed by atoms with Crippen LogP contribution >= 0.6 is 11.6 Å². The summed E-state index contributed by atoms with van der Waals surface area (Å²) in [5.74, 6) is -1.30. The number of aliphatic hydroxyl groups is 1. The second-order valence-electron chi connectivity index (χ2n) is 8.11. The minimum Gasteiger partial charge on any atom is -0.507 e. The molecule has 1 aliphatic carbocycles. The number of benzene rings is 1. The van der Waals surface area contributed by atoms with E-state index in [-0.39, 0.29) is 23.1 Å². The van der Waals surface area contributed by atoms with Gasteiger partial charge < -0.3 is 14.7 Å². The number of hydrogen-bond acceptors (Lipinski definition) is 5. The molecule has 1 aromatic carbocycles. The average Bonchev–Trinajstić information content (AvgIpc) is 3.04. The van der Waals surface area contributed by atoms with Gasteiger partial charge in [-0.15, -0.1) is 0 Å². The molecule has 6 nitrogen and oxygen atoms in total. The molecule has 0 bridgehead atoms. The van der Waals surface area contributed by atoms with Crippen LogP contribution in [0.15, 0.2) is 42.2 Å². The second kappa shape index (κ2) is 8.71. The number of aryl methyl sites for hydroxylation is 1. The SMILES string of the molecule is COc1c(Cl)cc(C)cc1/C(O)=C1\C(=O)C(=O)N(C2CCCCC2)C1c1cccnc1. The number of ether oxygens (including phenoxy) is 1. The normalized spacial score (nSPS) is 21.5. The summed E-state index contributed by atoms with van der Waals surface area (Å²) in [4.78, 5) is 32.2. The number of aromatic nitrogens is 1. The highest BCUT2D eigenvalue weighted by atomic mass is 35.5. The monoisotopic (exact) mass is 440 g/mol. The maximum absolute atomic E-state index is 13.2. The molecule has 0 spiro atoms. The number of pyridine rings is 1. The van der Waals surface area contributed by atoms with Crippen molar-refractivity contribution < 1.29 is 19.4 Å². The third-order valence-corrected chi connectivity index (χ3v) is 6.38. The fraction of sp³-hybridized carbons (Fsp3) is 0.375. The standard InChI is InChI=1S/C24H25ClN2O4/c1-14-11-17(23(31-2)18(25)12-14)21(28)19-20(15-7-6-10-26-13-15)27(24(30)22(19)29)16-8-4-3-5-9-16/h6-7,10-13,16,20,28H,3-5,8-9H2,1-2H3/b21-19+. The van der Waals surface area contributed by atoms with E-state index in [0.717, 1.165) is 37.7 Å². The number of Topliss-reactive ketones (excluding diaryl/α,β-unsaturated/α-hetero) is 1. The van der Waals surface area contributed by atoms with E-state index in [0.29, 0.717) is 16.1 Å². The van der Waals surface area contributed by atoms with Crippen LogP contribution in [-0.2, 0) is 9.59 Å². The van der Waals surface area contributed by atoms with Crippen molar-refractivity contribution in [1.29, 1.82) is 0 Å². The van der Waals surface area contributed by atoms with Gasteiger partial charge in [0.1, 0.15) is 11.5 Å². The van der Waals surface area contributed by atoms with E-state index in [4.69, 9.17) is 16.3 Å². The lowest BCUT2D eigenvalue weighted by atomic mass is 9.91. The van der Waals surface area contributed by atoms with E-state index < -0.39 is 17.7 Å². The molecular weight excluding hydrogens is 416 g/mol. The molecule has 1 N–H and O–H groups in total. The second-order valence-corrected chi connectivity index (χ2v) is 8.52. The molecule has 7 heteroatoms. The fourth-order valence-corrected chi connectivity index (χ4v) is 5.06. The van der Waals surface area contributed by atoms with Crippen molar-refractivity contribution in [3.63, 3.8) is 0 Å². The summed E-state index contributed by atoms with van der Waals surface area (Å²) in [6, 6.07) is 6.25. The fourth-order valence-electron chi connectivity index (χ4n) is 4.71. The molecule has 162 valence electrons. The molecule has 0 radical (unpaired) electrons. The number of likely N-dealkylation sites (tertiary alicyclic amines) is 1. The van der Waals surface area contributed by atoms with Gasteiger partial charge >= 0.3 is 0 Å². The van der Waals surface area contributed by atoms with Crippen molar-refractivity contribution in [2.24, 2.45) is 0 Å². The number of hydrogen-bond donors (Lipinski definition) is 1. The minimum atomic E-state index is -0.708.